The Balaban J connectivity index is 3.38. The van der Waals surface area contributed by atoms with Crippen LogP contribution in [0.25, 0.3) is 0 Å². The van der Waals surface area contributed by atoms with Crippen molar-refractivity contribution in [3.05, 3.63) is 0 Å². The van der Waals surface area contributed by atoms with Crippen LogP contribution in [0.4, 0.5) is 0 Å². The van der Waals surface area contributed by atoms with E-state index in [2.05, 4.69) is 41.5 Å². The summed E-state index contributed by atoms with van der Waals surface area (Å²) in [6.45, 7) is 14.6. The van der Waals surface area contributed by atoms with Crippen molar-refractivity contribution in [2.75, 3.05) is 0 Å². The van der Waals surface area contributed by atoms with E-state index in [1.54, 1.807) is 0 Å². The molecule has 0 saturated heterocycles. The van der Waals surface area contributed by atoms with Crippen LogP contribution in [0.2, 0.25) is 0 Å². The van der Waals surface area contributed by atoms with E-state index < -0.39 is 0 Å². The van der Waals surface area contributed by atoms with Gasteiger partial charge in [-0.05, 0) is 23.7 Å². The van der Waals surface area contributed by atoms with Gasteiger partial charge in [-0.25, -0.2) is 0 Å². The molecular weight excluding hydrogens is 468 g/mol. The first-order valence-corrected chi connectivity index (χ1v) is 19.0. The van der Waals surface area contributed by atoms with Crippen LogP contribution in [0.15, 0.2) is 0 Å². The van der Waals surface area contributed by atoms with Gasteiger partial charge in [0.1, 0.15) is 0 Å². The summed E-state index contributed by atoms with van der Waals surface area (Å²) < 4.78 is 0. The summed E-state index contributed by atoms with van der Waals surface area (Å²) in [5, 5.41) is 0. The van der Waals surface area contributed by atoms with Crippen molar-refractivity contribution in [1.29, 1.82) is 0 Å². The van der Waals surface area contributed by atoms with Crippen LogP contribution in [0.1, 0.15) is 228 Å². The van der Waals surface area contributed by atoms with Gasteiger partial charge >= 0.3 is 0 Å². The third kappa shape index (κ3) is 30.8. The van der Waals surface area contributed by atoms with Gasteiger partial charge in [0.25, 0.3) is 0 Å². The molecule has 0 radical (unpaired) electrons. The van der Waals surface area contributed by atoms with Crippen molar-refractivity contribution in [3.63, 3.8) is 0 Å². The molecule has 236 valence electrons. The van der Waals surface area contributed by atoms with Crippen LogP contribution >= 0.6 is 0 Å². The highest BCUT2D eigenvalue weighted by Crippen LogP contribution is 2.23. The van der Waals surface area contributed by atoms with Gasteiger partial charge in [-0.3, -0.25) is 0 Å². The predicted molar refractivity (Wildman–Crippen MR) is 182 cm³/mol. The van der Waals surface area contributed by atoms with Crippen molar-refractivity contribution in [2.45, 2.75) is 228 Å². The van der Waals surface area contributed by atoms with Crippen molar-refractivity contribution in [1.82, 2.24) is 0 Å². The second-order valence-electron chi connectivity index (χ2n) is 14.4. The molecule has 0 fully saturated rings. The Bertz CT molecular complexity index is 439. The van der Waals surface area contributed by atoms with E-state index in [9.17, 15) is 0 Å². The molecule has 0 bridgehead atoms. The summed E-state index contributed by atoms with van der Waals surface area (Å²) in [6.07, 6.45) is 42.4. The standard InChI is InChI=1S/C39H80/c1-7-9-11-12-13-14-15-16-17-18-19-22-29-37(4)30-23-20-24-31-38(5)32-25-21-26-33-39(6)35-27-34-36(3)28-10-8-2/h36-39H,7-35H2,1-6H3. The molecule has 0 N–H and O–H groups in total. The molecule has 0 heterocycles. The first-order valence-electron chi connectivity index (χ1n) is 19.0. The number of hydrogen-bond donors (Lipinski definition) is 0. The minimum atomic E-state index is 0.947. The Labute approximate surface area is 251 Å². The van der Waals surface area contributed by atoms with Crippen molar-refractivity contribution in [2.24, 2.45) is 23.7 Å². The lowest BCUT2D eigenvalue weighted by atomic mass is 9.91. The van der Waals surface area contributed by atoms with Crippen molar-refractivity contribution < 1.29 is 0 Å². The lowest BCUT2D eigenvalue weighted by Gasteiger charge is -2.15. The second kappa shape index (κ2) is 30.9. The van der Waals surface area contributed by atoms with Crippen LogP contribution in [0, 0.1) is 23.7 Å². The van der Waals surface area contributed by atoms with Gasteiger partial charge in [-0.2, -0.15) is 0 Å². The highest BCUT2D eigenvalue weighted by Gasteiger charge is 2.07. The van der Waals surface area contributed by atoms with E-state index in [1.807, 2.05) is 0 Å². The molecule has 0 spiro atoms. The molecule has 0 heteroatoms. The summed E-state index contributed by atoms with van der Waals surface area (Å²) in [4.78, 5) is 0. The Kier molecular flexibility index (Phi) is 30.9. The van der Waals surface area contributed by atoms with E-state index in [0.29, 0.717) is 0 Å². The SMILES string of the molecule is CCCCCCCCCCCCCCC(C)CCCCCC(C)CCCCCC(C)CCCC(C)CCCC. The minimum Gasteiger partial charge on any atom is -0.0654 e. The van der Waals surface area contributed by atoms with E-state index >= 15 is 0 Å². The second-order valence-corrected chi connectivity index (χ2v) is 14.4. The molecule has 4 unspecified atom stereocenters. The van der Waals surface area contributed by atoms with Crippen LogP contribution in [0.5, 0.6) is 0 Å². The summed E-state index contributed by atoms with van der Waals surface area (Å²) in [5.74, 6) is 3.80. The summed E-state index contributed by atoms with van der Waals surface area (Å²) in [5.41, 5.74) is 0. The van der Waals surface area contributed by atoms with Gasteiger partial charge in [0.2, 0.25) is 0 Å². The fraction of sp³-hybridized carbons (Fsp3) is 1.00. The summed E-state index contributed by atoms with van der Waals surface area (Å²) in [7, 11) is 0. The quantitative estimate of drug-likeness (QED) is 0.0733. The number of hydrogen-bond acceptors (Lipinski definition) is 0. The third-order valence-electron chi connectivity index (χ3n) is 9.78. The van der Waals surface area contributed by atoms with Gasteiger partial charge in [0.15, 0.2) is 0 Å². The van der Waals surface area contributed by atoms with Gasteiger partial charge < -0.3 is 0 Å². The van der Waals surface area contributed by atoms with Gasteiger partial charge in [-0.15, -0.1) is 0 Å². The Morgan fingerprint density at radius 2 is 0.436 bits per heavy atom. The molecule has 0 aliphatic heterocycles. The first-order chi connectivity index (χ1) is 19.0. The molecule has 0 nitrogen and oxygen atoms in total. The minimum absolute atomic E-state index is 0.947. The predicted octanol–water partition coefficient (Wildman–Crippen LogP) is 14.9. The molecule has 0 amide bonds. The Morgan fingerprint density at radius 1 is 0.231 bits per heavy atom. The molecular formula is C39H80. The van der Waals surface area contributed by atoms with E-state index in [0.717, 1.165) is 23.7 Å². The maximum absolute atomic E-state index is 2.51. The molecule has 0 aliphatic rings. The zero-order valence-electron chi connectivity index (χ0n) is 28.8. The zero-order chi connectivity index (χ0) is 28.8. The largest absolute Gasteiger partial charge is 0.0654 e. The summed E-state index contributed by atoms with van der Waals surface area (Å²) >= 11 is 0. The Morgan fingerprint density at radius 3 is 0.744 bits per heavy atom. The Hall–Kier alpha value is 0. The molecule has 0 aromatic heterocycles. The lowest BCUT2D eigenvalue weighted by molar-refractivity contribution is 0.385. The van der Waals surface area contributed by atoms with Crippen LogP contribution in [0.3, 0.4) is 0 Å². The van der Waals surface area contributed by atoms with E-state index in [-0.39, 0.29) is 0 Å². The van der Waals surface area contributed by atoms with Gasteiger partial charge in [-0.1, -0.05) is 228 Å². The maximum Gasteiger partial charge on any atom is -0.0443 e. The normalized spacial score (nSPS) is 14.9. The smallest absolute Gasteiger partial charge is 0.0443 e. The van der Waals surface area contributed by atoms with Crippen LogP contribution in [-0.4, -0.2) is 0 Å². The lowest BCUT2D eigenvalue weighted by Crippen LogP contribution is -2.00. The molecule has 0 aromatic carbocycles. The van der Waals surface area contributed by atoms with Crippen molar-refractivity contribution >= 4 is 0 Å². The average Bonchev–Trinajstić information content (AvgIpc) is 2.92. The average molecular weight is 549 g/mol. The highest BCUT2D eigenvalue weighted by molar-refractivity contribution is 4.61. The van der Waals surface area contributed by atoms with Gasteiger partial charge in [0.05, 0.1) is 0 Å². The fourth-order valence-corrected chi connectivity index (χ4v) is 6.60. The summed E-state index contributed by atoms with van der Waals surface area (Å²) in [6, 6.07) is 0. The van der Waals surface area contributed by atoms with Crippen LogP contribution in [-0.2, 0) is 0 Å². The number of unbranched alkanes of at least 4 members (excludes halogenated alkanes) is 16. The van der Waals surface area contributed by atoms with Gasteiger partial charge in [0, 0.05) is 0 Å². The molecule has 0 saturated carbocycles. The first kappa shape index (κ1) is 39.0. The van der Waals surface area contributed by atoms with Crippen molar-refractivity contribution in [3.8, 4) is 0 Å². The highest BCUT2D eigenvalue weighted by atomic mass is 14.1. The zero-order valence-corrected chi connectivity index (χ0v) is 28.8. The fourth-order valence-electron chi connectivity index (χ4n) is 6.60. The third-order valence-corrected chi connectivity index (χ3v) is 9.78. The maximum atomic E-state index is 2.51. The molecule has 0 aromatic rings. The molecule has 39 heavy (non-hydrogen) atoms. The topological polar surface area (TPSA) is 0 Å². The monoisotopic (exact) mass is 549 g/mol. The molecule has 0 rings (SSSR count). The molecule has 0 aliphatic carbocycles. The molecule has 4 atom stereocenters. The number of rotatable bonds is 32. The van der Waals surface area contributed by atoms with Crippen LogP contribution < -0.4 is 0 Å². The van der Waals surface area contributed by atoms with E-state index in [1.165, 1.54) is 186 Å². The van der Waals surface area contributed by atoms with E-state index in [4.69, 9.17) is 0 Å².